The second-order valence-corrected chi connectivity index (χ2v) is 4.29. The zero-order valence-corrected chi connectivity index (χ0v) is 11.2. The van der Waals surface area contributed by atoms with Gasteiger partial charge in [0.25, 0.3) is 0 Å². The fraction of sp³-hybridized carbons (Fsp3) is 0.250. The van der Waals surface area contributed by atoms with Crippen LogP contribution in [-0.4, -0.2) is 35.4 Å². The number of aromatic nitrogens is 3. The van der Waals surface area contributed by atoms with E-state index >= 15 is 0 Å². The summed E-state index contributed by atoms with van der Waals surface area (Å²) in [6, 6.07) is 5.33. The summed E-state index contributed by atoms with van der Waals surface area (Å²) in [7, 11) is 3.42. The summed E-state index contributed by atoms with van der Waals surface area (Å²) >= 11 is 0. The molecule has 0 aliphatic carbocycles. The number of alkyl halides is 3. The van der Waals surface area contributed by atoms with E-state index in [-0.39, 0.29) is 17.5 Å². The van der Waals surface area contributed by atoms with Crippen LogP contribution in [0.25, 0.3) is 11.4 Å². The molecule has 0 aliphatic rings. The topological polar surface area (TPSA) is 77.2 Å². The molecule has 1 heterocycles. The molecule has 9 heteroatoms. The molecule has 2 N–H and O–H groups in total. The molecule has 21 heavy (non-hydrogen) atoms. The predicted octanol–water partition coefficient (Wildman–Crippen LogP) is 2.09. The fourth-order valence-corrected chi connectivity index (χ4v) is 1.54. The van der Waals surface area contributed by atoms with E-state index in [1.54, 1.807) is 25.1 Å². The van der Waals surface area contributed by atoms with Gasteiger partial charge in [0, 0.05) is 19.7 Å². The average Bonchev–Trinajstić information content (AvgIpc) is 2.36. The molecule has 0 fully saturated rings. The molecule has 1 aromatic carbocycles. The smallest absolute Gasteiger partial charge is 0.406 e. The van der Waals surface area contributed by atoms with Crippen molar-refractivity contribution in [2.45, 2.75) is 6.36 Å². The van der Waals surface area contributed by atoms with Crippen LogP contribution < -0.4 is 15.4 Å². The highest BCUT2D eigenvalue weighted by Crippen LogP contribution is 2.27. The molecule has 1 aromatic heterocycles. The quantitative estimate of drug-likeness (QED) is 0.935. The number of nitrogens with two attached hydrogens (primary N) is 1. The summed E-state index contributed by atoms with van der Waals surface area (Å²) in [5.41, 5.74) is 5.92. The highest BCUT2D eigenvalue weighted by molar-refractivity contribution is 5.59. The molecule has 0 radical (unpaired) electrons. The first kappa shape index (κ1) is 14.8. The van der Waals surface area contributed by atoms with Gasteiger partial charge in [-0.05, 0) is 12.1 Å². The van der Waals surface area contributed by atoms with Crippen LogP contribution in [0.1, 0.15) is 0 Å². The van der Waals surface area contributed by atoms with E-state index < -0.39 is 6.36 Å². The van der Waals surface area contributed by atoms with E-state index in [1.165, 1.54) is 18.2 Å². The maximum atomic E-state index is 12.2. The first-order valence-corrected chi connectivity index (χ1v) is 5.79. The van der Waals surface area contributed by atoms with Crippen molar-refractivity contribution < 1.29 is 17.9 Å². The summed E-state index contributed by atoms with van der Waals surface area (Å²) in [6.07, 6.45) is -4.76. The van der Waals surface area contributed by atoms with Crippen molar-refractivity contribution in [2.75, 3.05) is 24.7 Å². The van der Waals surface area contributed by atoms with E-state index in [0.29, 0.717) is 11.5 Å². The van der Waals surface area contributed by atoms with Crippen LogP contribution >= 0.6 is 0 Å². The third kappa shape index (κ3) is 3.94. The number of halogens is 3. The molecule has 6 nitrogen and oxygen atoms in total. The highest BCUT2D eigenvalue weighted by Gasteiger charge is 2.31. The number of anilines is 2. The number of benzene rings is 1. The molecule has 2 rings (SSSR count). The Morgan fingerprint density at radius 1 is 1.14 bits per heavy atom. The Labute approximate surface area is 118 Å². The van der Waals surface area contributed by atoms with Gasteiger partial charge in [0.1, 0.15) is 5.75 Å². The van der Waals surface area contributed by atoms with Crippen LogP contribution in [-0.2, 0) is 0 Å². The maximum absolute atomic E-state index is 12.2. The monoisotopic (exact) mass is 299 g/mol. The standard InChI is InChI=1S/C12H12F3N5O/c1-20(2)11-18-9(17-10(16)19-11)7-4-3-5-8(6-7)21-12(13,14)15/h3-6H,1-2H3,(H2,16,17,18,19). The minimum absolute atomic E-state index is 0.0224. The molecule has 0 spiro atoms. The van der Waals surface area contributed by atoms with E-state index in [1.807, 2.05) is 0 Å². The molecule has 0 atom stereocenters. The molecule has 0 saturated carbocycles. The van der Waals surface area contributed by atoms with Crippen molar-refractivity contribution >= 4 is 11.9 Å². The predicted molar refractivity (Wildman–Crippen MR) is 70.7 cm³/mol. The van der Waals surface area contributed by atoms with Crippen molar-refractivity contribution in [3.05, 3.63) is 24.3 Å². The van der Waals surface area contributed by atoms with Crippen LogP contribution in [0.15, 0.2) is 24.3 Å². The Balaban J connectivity index is 2.40. The van der Waals surface area contributed by atoms with E-state index in [4.69, 9.17) is 5.73 Å². The Hall–Kier alpha value is -2.58. The van der Waals surface area contributed by atoms with E-state index in [0.717, 1.165) is 0 Å². The van der Waals surface area contributed by atoms with Crippen LogP contribution in [0.4, 0.5) is 25.1 Å². The van der Waals surface area contributed by atoms with Gasteiger partial charge in [-0.2, -0.15) is 15.0 Å². The minimum Gasteiger partial charge on any atom is -0.406 e. The van der Waals surface area contributed by atoms with Gasteiger partial charge in [0.05, 0.1) is 0 Å². The molecule has 0 saturated heterocycles. The van der Waals surface area contributed by atoms with Gasteiger partial charge in [-0.15, -0.1) is 13.2 Å². The Morgan fingerprint density at radius 3 is 2.48 bits per heavy atom. The minimum atomic E-state index is -4.76. The van der Waals surface area contributed by atoms with Gasteiger partial charge in [-0.3, -0.25) is 0 Å². The molecular weight excluding hydrogens is 287 g/mol. The molecule has 2 aromatic rings. The summed E-state index contributed by atoms with van der Waals surface area (Å²) in [5, 5.41) is 0. The second kappa shape index (κ2) is 5.43. The van der Waals surface area contributed by atoms with Crippen molar-refractivity contribution in [3.8, 4) is 17.1 Å². The highest BCUT2D eigenvalue weighted by atomic mass is 19.4. The number of nitrogen functional groups attached to an aromatic ring is 1. The second-order valence-electron chi connectivity index (χ2n) is 4.29. The van der Waals surface area contributed by atoms with Crippen LogP contribution in [0.2, 0.25) is 0 Å². The Morgan fingerprint density at radius 2 is 1.86 bits per heavy atom. The number of hydrogen-bond acceptors (Lipinski definition) is 6. The Kier molecular flexibility index (Phi) is 3.83. The van der Waals surface area contributed by atoms with Crippen molar-refractivity contribution in [2.24, 2.45) is 0 Å². The average molecular weight is 299 g/mol. The van der Waals surface area contributed by atoms with Gasteiger partial charge < -0.3 is 15.4 Å². The van der Waals surface area contributed by atoms with Gasteiger partial charge >= 0.3 is 6.36 Å². The lowest BCUT2D eigenvalue weighted by Gasteiger charge is -2.12. The van der Waals surface area contributed by atoms with Gasteiger partial charge in [0.2, 0.25) is 11.9 Å². The fourth-order valence-electron chi connectivity index (χ4n) is 1.54. The number of hydrogen-bond donors (Lipinski definition) is 1. The lowest BCUT2D eigenvalue weighted by Crippen LogP contribution is -2.17. The lowest BCUT2D eigenvalue weighted by atomic mass is 10.2. The lowest BCUT2D eigenvalue weighted by molar-refractivity contribution is -0.274. The van der Waals surface area contributed by atoms with Crippen molar-refractivity contribution in [1.82, 2.24) is 15.0 Å². The first-order chi connectivity index (χ1) is 9.74. The number of rotatable bonds is 3. The number of ether oxygens (including phenoxy) is 1. The third-order valence-corrected chi connectivity index (χ3v) is 2.37. The third-order valence-electron chi connectivity index (χ3n) is 2.37. The molecule has 0 amide bonds. The molecule has 112 valence electrons. The SMILES string of the molecule is CN(C)c1nc(N)nc(-c2cccc(OC(F)(F)F)c2)n1. The Bertz CT molecular complexity index is 645. The van der Waals surface area contributed by atoms with Gasteiger partial charge in [-0.1, -0.05) is 12.1 Å². The summed E-state index contributed by atoms with van der Waals surface area (Å²) in [5.74, 6) is 0.0923. The number of nitrogens with zero attached hydrogens (tertiary/aromatic N) is 4. The maximum Gasteiger partial charge on any atom is 0.573 e. The summed E-state index contributed by atoms with van der Waals surface area (Å²) in [6.45, 7) is 0. The van der Waals surface area contributed by atoms with Crippen molar-refractivity contribution in [3.63, 3.8) is 0 Å². The van der Waals surface area contributed by atoms with Gasteiger partial charge in [0.15, 0.2) is 5.82 Å². The largest absolute Gasteiger partial charge is 0.573 e. The zero-order chi connectivity index (χ0) is 15.6. The summed E-state index contributed by atoms with van der Waals surface area (Å²) < 4.78 is 40.5. The molecule has 0 unspecified atom stereocenters. The zero-order valence-electron chi connectivity index (χ0n) is 11.2. The van der Waals surface area contributed by atoms with Crippen LogP contribution in [0, 0.1) is 0 Å². The summed E-state index contributed by atoms with van der Waals surface area (Å²) in [4.78, 5) is 13.6. The first-order valence-electron chi connectivity index (χ1n) is 5.79. The van der Waals surface area contributed by atoms with Crippen LogP contribution in [0.3, 0.4) is 0 Å². The normalized spacial score (nSPS) is 11.3. The molecule has 0 bridgehead atoms. The molecule has 0 aliphatic heterocycles. The van der Waals surface area contributed by atoms with Crippen LogP contribution in [0.5, 0.6) is 5.75 Å². The van der Waals surface area contributed by atoms with Gasteiger partial charge in [-0.25, -0.2) is 0 Å². The van der Waals surface area contributed by atoms with Crippen molar-refractivity contribution in [1.29, 1.82) is 0 Å². The molecular formula is C12H12F3N5O. The van der Waals surface area contributed by atoms with E-state index in [9.17, 15) is 13.2 Å². The van der Waals surface area contributed by atoms with E-state index in [2.05, 4.69) is 19.7 Å².